The Morgan fingerprint density at radius 1 is 1.26 bits per heavy atom. The second-order valence-electron chi connectivity index (χ2n) is 5.02. The van der Waals surface area contributed by atoms with E-state index in [2.05, 4.69) is 30.3 Å². The van der Waals surface area contributed by atoms with Gasteiger partial charge >= 0.3 is 0 Å². The molecule has 1 saturated heterocycles. The monoisotopic (exact) mass is 278 g/mol. The van der Waals surface area contributed by atoms with Crippen LogP contribution in [0.5, 0.6) is 0 Å². The smallest absolute Gasteiger partial charge is 0.281 e. The summed E-state index contributed by atoms with van der Waals surface area (Å²) in [7, 11) is 0. The topological polar surface area (TPSA) is 46.3 Å². The highest BCUT2D eigenvalue weighted by Crippen LogP contribution is 2.23. The van der Waals surface area contributed by atoms with Crippen LogP contribution in [0.25, 0.3) is 0 Å². The van der Waals surface area contributed by atoms with Crippen LogP contribution in [0.2, 0.25) is 0 Å². The number of nitrogens with zero attached hydrogens (tertiary/aromatic N) is 1. The van der Waals surface area contributed by atoms with Gasteiger partial charge in [-0.2, -0.15) is 0 Å². The summed E-state index contributed by atoms with van der Waals surface area (Å²) in [4.78, 5) is 13.8. The minimum absolute atomic E-state index is 0.198. The zero-order valence-corrected chi connectivity index (χ0v) is 12.1. The van der Waals surface area contributed by atoms with Gasteiger partial charge in [0.1, 0.15) is 0 Å². The first-order chi connectivity index (χ1) is 9.29. The van der Waals surface area contributed by atoms with Crippen molar-refractivity contribution in [2.45, 2.75) is 19.3 Å². The third kappa shape index (κ3) is 4.55. The molecule has 4 heteroatoms. The van der Waals surface area contributed by atoms with Crippen LogP contribution < -0.4 is 5.73 Å². The zero-order chi connectivity index (χ0) is 13.5. The molecule has 0 unspecified atom stereocenters. The molecular weight excluding hydrogens is 256 g/mol. The summed E-state index contributed by atoms with van der Waals surface area (Å²) in [5, 5.41) is 0.198. The molecule has 0 aliphatic carbocycles. The van der Waals surface area contributed by atoms with Gasteiger partial charge in [-0.3, -0.25) is 4.79 Å². The van der Waals surface area contributed by atoms with Crippen molar-refractivity contribution >= 4 is 17.0 Å². The number of carbonyl (C=O) groups is 1. The quantitative estimate of drug-likeness (QED) is 0.921. The molecule has 1 aromatic carbocycles. The number of rotatable bonds is 4. The Hall–Kier alpha value is -1.00. The van der Waals surface area contributed by atoms with Gasteiger partial charge in [-0.25, -0.2) is 0 Å². The first-order valence-corrected chi connectivity index (χ1v) is 7.94. The number of hydrogen-bond donors (Lipinski definition) is 1. The maximum absolute atomic E-state index is 11.9. The standard InChI is InChI=1S/C15H22N2OS/c16-8-11-19-15(18)17-9-6-14(7-10-17)12-13-4-2-1-3-5-13/h1-5,14H,6-12,16H2. The van der Waals surface area contributed by atoms with E-state index in [9.17, 15) is 4.79 Å². The third-order valence-corrected chi connectivity index (χ3v) is 4.53. The predicted octanol–water partition coefficient (Wildman–Crippen LogP) is 2.75. The van der Waals surface area contributed by atoms with Gasteiger partial charge in [0.15, 0.2) is 0 Å². The Morgan fingerprint density at radius 3 is 2.58 bits per heavy atom. The van der Waals surface area contributed by atoms with E-state index in [1.54, 1.807) is 0 Å². The molecule has 0 atom stereocenters. The third-order valence-electron chi connectivity index (χ3n) is 3.58. The average molecular weight is 278 g/mol. The van der Waals surface area contributed by atoms with Gasteiger partial charge in [-0.15, -0.1) is 0 Å². The molecule has 0 spiro atoms. The van der Waals surface area contributed by atoms with E-state index in [-0.39, 0.29) is 5.24 Å². The van der Waals surface area contributed by atoms with E-state index in [0.717, 1.165) is 38.1 Å². The van der Waals surface area contributed by atoms with Gasteiger partial charge in [-0.05, 0) is 30.7 Å². The van der Waals surface area contributed by atoms with E-state index >= 15 is 0 Å². The van der Waals surface area contributed by atoms with Crippen LogP contribution in [0, 0.1) is 5.92 Å². The number of benzene rings is 1. The molecule has 0 radical (unpaired) electrons. The minimum Gasteiger partial charge on any atom is -0.334 e. The molecule has 104 valence electrons. The number of likely N-dealkylation sites (tertiary alicyclic amines) is 1. The summed E-state index contributed by atoms with van der Waals surface area (Å²) in [6.07, 6.45) is 3.37. The van der Waals surface area contributed by atoms with Crippen LogP contribution in [-0.2, 0) is 6.42 Å². The van der Waals surface area contributed by atoms with Crippen LogP contribution in [0.15, 0.2) is 30.3 Å². The molecule has 1 aliphatic rings. The zero-order valence-electron chi connectivity index (χ0n) is 11.3. The number of amides is 1. The maximum atomic E-state index is 11.9. The molecule has 1 amide bonds. The Morgan fingerprint density at radius 2 is 1.95 bits per heavy atom. The normalized spacial score (nSPS) is 16.6. The van der Waals surface area contributed by atoms with Gasteiger partial charge in [0.25, 0.3) is 5.24 Å². The summed E-state index contributed by atoms with van der Waals surface area (Å²) in [6, 6.07) is 10.6. The highest BCUT2D eigenvalue weighted by molar-refractivity contribution is 8.13. The van der Waals surface area contributed by atoms with E-state index in [4.69, 9.17) is 5.73 Å². The lowest BCUT2D eigenvalue weighted by atomic mass is 9.90. The van der Waals surface area contributed by atoms with Crippen molar-refractivity contribution in [3.63, 3.8) is 0 Å². The minimum atomic E-state index is 0.198. The van der Waals surface area contributed by atoms with Crippen molar-refractivity contribution in [2.75, 3.05) is 25.4 Å². The highest BCUT2D eigenvalue weighted by Gasteiger charge is 2.22. The number of carbonyl (C=O) groups excluding carboxylic acids is 1. The Balaban J connectivity index is 1.75. The molecule has 0 aromatic heterocycles. The second-order valence-corrected chi connectivity index (χ2v) is 6.07. The van der Waals surface area contributed by atoms with Crippen LogP contribution in [0.4, 0.5) is 4.79 Å². The van der Waals surface area contributed by atoms with Crippen LogP contribution >= 0.6 is 11.8 Å². The van der Waals surface area contributed by atoms with Gasteiger partial charge in [0, 0.05) is 25.4 Å². The van der Waals surface area contributed by atoms with Crippen LogP contribution in [-0.4, -0.2) is 35.5 Å². The molecule has 1 aromatic rings. The SMILES string of the molecule is NCCSC(=O)N1CCC(Cc2ccccc2)CC1. The van der Waals surface area contributed by atoms with Crippen molar-refractivity contribution in [3.8, 4) is 0 Å². The van der Waals surface area contributed by atoms with E-state index in [1.807, 2.05) is 4.90 Å². The fourth-order valence-corrected chi connectivity index (χ4v) is 3.16. The van der Waals surface area contributed by atoms with Crippen molar-refractivity contribution in [2.24, 2.45) is 11.7 Å². The van der Waals surface area contributed by atoms with Crippen molar-refractivity contribution in [3.05, 3.63) is 35.9 Å². The largest absolute Gasteiger partial charge is 0.334 e. The van der Waals surface area contributed by atoms with Gasteiger partial charge < -0.3 is 10.6 Å². The lowest BCUT2D eigenvalue weighted by molar-refractivity contribution is 0.192. The fraction of sp³-hybridized carbons (Fsp3) is 0.533. The van der Waals surface area contributed by atoms with E-state index in [1.165, 1.54) is 17.3 Å². The molecule has 0 saturated carbocycles. The molecule has 2 rings (SSSR count). The molecule has 3 nitrogen and oxygen atoms in total. The molecule has 1 fully saturated rings. The van der Waals surface area contributed by atoms with Crippen LogP contribution in [0.1, 0.15) is 18.4 Å². The number of hydrogen-bond acceptors (Lipinski definition) is 3. The first-order valence-electron chi connectivity index (χ1n) is 6.95. The molecule has 2 N–H and O–H groups in total. The molecular formula is C15H22N2OS. The fourth-order valence-electron chi connectivity index (χ4n) is 2.50. The van der Waals surface area contributed by atoms with Crippen molar-refractivity contribution < 1.29 is 4.79 Å². The molecule has 0 bridgehead atoms. The Labute approximate surface area is 119 Å². The van der Waals surface area contributed by atoms with Crippen LogP contribution in [0.3, 0.4) is 0 Å². The maximum Gasteiger partial charge on any atom is 0.281 e. The molecule has 1 heterocycles. The Kier molecular flexibility index (Phi) is 5.73. The van der Waals surface area contributed by atoms with E-state index in [0.29, 0.717) is 12.5 Å². The summed E-state index contributed by atoms with van der Waals surface area (Å²) in [5.74, 6) is 1.44. The summed E-state index contributed by atoms with van der Waals surface area (Å²) in [5.41, 5.74) is 6.83. The summed E-state index contributed by atoms with van der Waals surface area (Å²) >= 11 is 1.35. The predicted molar refractivity (Wildman–Crippen MR) is 81.4 cm³/mol. The van der Waals surface area contributed by atoms with Crippen molar-refractivity contribution in [1.82, 2.24) is 4.90 Å². The van der Waals surface area contributed by atoms with Gasteiger partial charge in [-0.1, -0.05) is 42.1 Å². The summed E-state index contributed by atoms with van der Waals surface area (Å²) in [6.45, 7) is 2.36. The molecule has 1 aliphatic heterocycles. The first kappa shape index (κ1) is 14.4. The second kappa shape index (κ2) is 7.56. The number of nitrogens with two attached hydrogens (primary N) is 1. The number of piperidine rings is 1. The van der Waals surface area contributed by atoms with Gasteiger partial charge in [0.05, 0.1) is 0 Å². The Bertz CT molecular complexity index is 388. The lowest BCUT2D eigenvalue weighted by Crippen LogP contribution is -2.37. The van der Waals surface area contributed by atoms with E-state index < -0.39 is 0 Å². The lowest BCUT2D eigenvalue weighted by Gasteiger charge is -2.31. The average Bonchev–Trinajstić information content (AvgIpc) is 2.46. The molecule has 19 heavy (non-hydrogen) atoms. The summed E-state index contributed by atoms with van der Waals surface area (Å²) < 4.78 is 0. The highest BCUT2D eigenvalue weighted by atomic mass is 32.2. The number of thioether (sulfide) groups is 1. The van der Waals surface area contributed by atoms with Crippen molar-refractivity contribution in [1.29, 1.82) is 0 Å². The van der Waals surface area contributed by atoms with Gasteiger partial charge in [0.2, 0.25) is 0 Å².